The van der Waals surface area contributed by atoms with Crippen molar-refractivity contribution >= 4 is 12.0 Å². The lowest BCUT2D eigenvalue weighted by Gasteiger charge is -1.97. The van der Waals surface area contributed by atoms with Crippen LogP contribution in [0.1, 0.15) is 12.7 Å². The molecule has 0 fully saturated rings. The summed E-state index contributed by atoms with van der Waals surface area (Å²) in [4.78, 5) is 13.6. The Bertz CT molecular complexity index is 382. The molecule has 0 radical (unpaired) electrons. The maximum atomic E-state index is 11.0. The molecule has 1 aromatic rings. The second-order valence-corrected chi connectivity index (χ2v) is 2.65. The van der Waals surface area contributed by atoms with Gasteiger partial charge in [0.15, 0.2) is 6.54 Å². The second-order valence-electron chi connectivity index (χ2n) is 2.65. The Balaban J connectivity index is 3.07. The predicted molar refractivity (Wildman–Crippen MR) is 49.2 cm³/mol. The summed E-state index contributed by atoms with van der Waals surface area (Å²) in [7, 11) is 1.49. The van der Waals surface area contributed by atoms with Crippen molar-refractivity contribution < 1.29 is 9.66 Å². The number of hydrogen-bond donors (Lipinski definition) is 0. The van der Waals surface area contributed by atoms with E-state index < -0.39 is 4.92 Å². The van der Waals surface area contributed by atoms with Crippen molar-refractivity contribution in [2.75, 3.05) is 6.54 Å². The Morgan fingerprint density at radius 2 is 2.29 bits per heavy atom. The number of hydroxylamine groups is 1. The molecule has 1 heterocycles. The zero-order chi connectivity index (χ0) is 10.7. The predicted octanol–water partition coefficient (Wildman–Crippen LogP) is 0.277. The summed E-state index contributed by atoms with van der Waals surface area (Å²) in [6.45, 7) is 1.96. The summed E-state index contributed by atoms with van der Waals surface area (Å²) in [5.74, 6) is 0.134. The molecule has 0 saturated carbocycles. The largest absolute Gasteiger partial charge is 0.624 e. The van der Waals surface area contributed by atoms with Crippen molar-refractivity contribution in [1.29, 1.82) is 0 Å². The molecule has 1 rings (SSSR count). The lowest BCUT2D eigenvalue weighted by Crippen LogP contribution is -2.09. The third-order valence-electron chi connectivity index (χ3n) is 1.76. The van der Waals surface area contributed by atoms with Crippen molar-refractivity contribution in [1.82, 2.24) is 9.55 Å². The summed E-state index contributed by atoms with van der Waals surface area (Å²) >= 11 is 0. The second kappa shape index (κ2) is 3.86. The standard InChI is InChI=1S/C7H10N4O3/c1-3-10(12)5-6-8-4-7(9(6)2)11(13)14/h4-5H,3H2,1-2H3/b10-5-. The van der Waals surface area contributed by atoms with Crippen LogP contribution in [0.3, 0.4) is 0 Å². The van der Waals surface area contributed by atoms with Crippen molar-refractivity contribution in [2.45, 2.75) is 6.92 Å². The topological polar surface area (TPSA) is 87.0 Å². The molecule has 0 spiro atoms. The van der Waals surface area contributed by atoms with E-state index in [4.69, 9.17) is 0 Å². The highest BCUT2D eigenvalue weighted by atomic mass is 16.6. The fraction of sp³-hybridized carbons (Fsp3) is 0.429. The lowest BCUT2D eigenvalue weighted by atomic mass is 10.6. The smallest absolute Gasteiger partial charge is 0.343 e. The molecule has 76 valence electrons. The van der Waals surface area contributed by atoms with E-state index in [-0.39, 0.29) is 18.2 Å². The van der Waals surface area contributed by atoms with Crippen molar-refractivity contribution in [3.05, 3.63) is 27.3 Å². The molecule has 0 bridgehead atoms. The first-order valence-electron chi connectivity index (χ1n) is 4.01. The van der Waals surface area contributed by atoms with E-state index in [1.807, 2.05) is 0 Å². The summed E-state index contributed by atoms with van der Waals surface area (Å²) in [5.41, 5.74) is 0. The highest BCUT2D eigenvalue weighted by molar-refractivity contribution is 5.71. The van der Waals surface area contributed by atoms with Crippen LogP contribution in [0.15, 0.2) is 6.20 Å². The monoisotopic (exact) mass is 198 g/mol. The Kier molecular flexibility index (Phi) is 2.80. The van der Waals surface area contributed by atoms with Gasteiger partial charge >= 0.3 is 5.82 Å². The maximum Gasteiger partial charge on any atom is 0.343 e. The molecular formula is C7H10N4O3. The number of nitro groups is 1. The van der Waals surface area contributed by atoms with Gasteiger partial charge in [0.05, 0.1) is 7.05 Å². The Labute approximate surface area is 80.0 Å². The van der Waals surface area contributed by atoms with Crippen LogP contribution in [-0.2, 0) is 7.05 Å². The lowest BCUT2D eigenvalue weighted by molar-refractivity contribution is -0.448. The van der Waals surface area contributed by atoms with Crippen molar-refractivity contribution in [3.63, 3.8) is 0 Å². The van der Waals surface area contributed by atoms with Gasteiger partial charge in [0.1, 0.15) is 6.20 Å². The number of imidazole rings is 1. The van der Waals surface area contributed by atoms with E-state index in [0.717, 1.165) is 6.20 Å². The summed E-state index contributed by atoms with van der Waals surface area (Å²) in [6, 6.07) is 0. The van der Waals surface area contributed by atoms with Crippen LogP contribution in [0.2, 0.25) is 0 Å². The SMILES string of the molecule is CC/[N+]([O-])=C/c1ncc([N+](=O)[O-])n1C. The third kappa shape index (κ3) is 1.87. The molecule has 0 aliphatic rings. The van der Waals surface area contributed by atoms with E-state index in [2.05, 4.69) is 4.98 Å². The van der Waals surface area contributed by atoms with Crippen LogP contribution < -0.4 is 0 Å². The molecule has 0 saturated heterocycles. The minimum absolute atomic E-state index is 0.138. The normalized spacial score (nSPS) is 11.7. The maximum absolute atomic E-state index is 11.0. The van der Waals surface area contributed by atoms with Crippen LogP contribution in [-0.4, -0.2) is 32.0 Å². The Morgan fingerprint density at radius 1 is 1.64 bits per heavy atom. The molecule has 0 unspecified atom stereocenters. The zero-order valence-electron chi connectivity index (χ0n) is 7.88. The number of nitrogens with zero attached hydrogens (tertiary/aromatic N) is 4. The van der Waals surface area contributed by atoms with E-state index in [1.54, 1.807) is 6.92 Å². The molecule has 0 aliphatic heterocycles. The van der Waals surface area contributed by atoms with Gasteiger partial charge in [-0.05, 0) is 11.8 Å². The van der Waals surface area contributed by atoms with Crippen LogP contribution in [0.4, 0.5) is 5.82 Å². The first-order valence-corrected chi connectivity index (χ1v) is 4.01. The van der Waals surface area contributed by atoms with E-state index >= 15 is 0 Å². The summed E-state index contributed by atoms with van der Waals surface area (Å²) < 4.78 is 1.91. The highest BCUT2D eigenvalue weighted by Gasteiger charge is 2.16. The molecule has 0 atom stereocenters. The van der Waals surface area contributed by atoms with Crippen LogP contribution >= 0.6 is 0 Å². The quantitative estimate of drug-likeness (QED) is 0.229. The molecule has 7 nitrogen and oxygen atoms in total. The number of hydrogen-bond acceptors (Lipinski definition) is 4. The molecule has 0 N–H and O–H groups in total. The highest BCUT2D eigenvalue weighted by Crippen LogP contribution is 2.09. The van der Waals surface area contributed by atoms with E-state index in [0.29, 0.717) is 4.74 Å². The van der Waals surface area contributed by atoms with Crippen molar-refractivity contribution in [2.24, 2.45) is 7.05 Å². The summed E-state index contributed by atoms with van der Waals surface area (Å²) in [6.07, 6.45) is 2.34. The van der Waals surface area contributed by atoms with Gasteiger partial charge in [0, 0.05) is 0 Å². The molecule has 0 aromatic carbocycles. The minimum atomic E-state index is -0.550. The van der Waals surface area contributed by atoms with Crippen LogP contribution in [0, 0.1) is 15.3 Å². The first-order chi connectivity index (χ1) is 6.56. The van der Waals surface area contributed by atoms with Gasteiger partial charge in [-0.3, -0.25) is 0 Å². The first kappa shape index (κ1) is 10.2. The molecular weight excluding hydrogens is 188 g/mol. The van der Waals surface area contributed by atoms with Crippen LogP contribution in [0.5, 0.6) is 0 Å². The fourth-order valence-electron chi connectivity index (χ4n) is 0.924. The Hall–Kier alpha value is -1.92. The number of aromatic nitrogens is 2. The van der Waals surface area contributed by atoms with E-state index in [1.165, 1.54) is 17.8 Å². The van der Waals surface area contributed by atoms with Crippen LogP contribution in [0.25, 0.3) is 0 Å². The summed E-state index contributed by atoms with van der Waals surface area (Å²) in [5, 5.41) is 21.4. The average Bonchev–Trinajstić information content (AvgIpc) is 2.48. The van der Waals surface area contributed by atoms with Gasteiger partial charge in [-0.2, -0.15) is 0 Å². The van der Waals surface area contributed by atoms with Gasteiger partial charge < -0.3 is 15.3 Å². The van der Waals surface area contributed by atoms with Gasteiger partial charge in [-0.15, -0.1) is 0 Å². The molecule has 7 heteroatoms. The van der Waals surface area contributed by atoms with Gasteiger partial charge in [0.2, 0.25) is 6.21 Å². The number of rotatable bonds is 3. The molecule has 0 aliphatic carbocycles. The van der Waals surface area contributed by atoms with Gasteiger partial charge in [-0.25, -0.2) is 14.3 Å². The van der Waals surface area contributed by atoms with Gasteiger partial charge in [-0.1, -0.05) is 0 Å². The van der Waals surface area contributed by atoms with Gasteiger partial charge in [0.25, 0.3) is 5.82 Å². The third-order valence-corrected chi connectivity index (χ3v) is 1.76. The average molecular weight is 198 g/mol. The Morgan fingerprint density at radius 3 is 2.71 bits per heavy atom. The zero-order valence-corrected chi connectivity index (χ0v) is 7.88. The van der Waals surface area contributed by atoms with Crippen molar-refractivity contribution in [3.8, 4) is 0 Å². The molecule has 14 heavy (non-hydrogen) atoms. The fourth-order valence-corrected chi connectivity index (χ4v) is 0.924. The minimum Gasteiger partial charge on any atom is -0.624 e. The van der Waals surface area contributed by atoms with E-state index in [9.17, 15) is 15.3 Å². The molecule has 0 amide bonds. The molecule has 1 aromatic heterocycles.